The van der Waals surface area contributed by atoms with Crippen LogP contribution in [0.15, 0.2) is 42.2 Å². The average molecular weight is 153 g/mol. The second kappa shape index (κ2) is 4.76. The van der Waals surface area contributed by atoms with Gasteiger partial charge in [-0.1, -0.05) is 0 Å². The van der Waals surface area contributed by atoms with Gasteiger partial charge in [0.1, 0.15) is 11.5 Å². The van der Waals surface area contributed by atoms with Gasteiger partial charge in [0.05, 0.1) is 5.38 Å². The largest absolute Gasteiger partial charge is 0.368 e. The molecule has 0 aromatic carbocycles. The van der Waals surface area contributed by atoms with Crippen LogP contribution in [-0.4, -0.2) is 4.98 Å². The lowest BCUT2D eigenvalue weighted by atomic mass is 10.7. The van der Waals surface area contributed by atoms with E-state index in [-0.39, 0.29) is 0 Å². The van der Waals surface area contributed by atoms with Gasteiger partial charge in [-0.15, -0.1) is 0 Å². The standard InChI is InChI=1S/C4H5N.C3H3NS/c2*1-2-4-5-3-1/h1-5H;1-3H/p+1. The molecule has 2 nitrogen and oxygen atoms in total. The van der Waals surface area contributed by atoms with Gasteiger partial charge in [-0.05, 0) is 12.1 Å². The monoisotopic (exact) mass is 153 g/mol. The number of nitrogens with one attached hydrogen (secondary N) is 2. The molecule has 10 heavy (non-hydrogen) atoms. The summed E-state index contributed by atoms with van der Waals surface area (Å²) in [6.45, 7) is 0. The van der Waals surface area contributed by atoms with E-state index in [1.165, 1.54) is 0 Å². The lowest BCUT2D eigenvalue weighted by Crippen LogP contribution is -1.81. The van der Waals surface area contributed by atoms with E-state index in [4.69, 9.17) is 0 Å². The Kier molecular flexibility index (Phi) is 3.34. The third-order valence-corrected chi connectivity index (χ3v) is 1.44. The SMILES string of the molecule is c1c[nH+]sc1.c1cc[nH]c1. The number of hydrogen-bond donors (Lipinski definition) is 1. The molecule has 2 rings (SSSR count). The minimum absolute atomic E-state index is 1.59. The summed E-state index contributed by atoms with van der Waals surface area (Å²) in [5.41, 5.74) is 0. The molecule has 52 valence electrons. The summed E-state index contributed by atoms with van der Waals surface area (Å²) < 4.78 is 2.90. The number of aromatic amines is 2. The molecule has 0 unspecified atom stereocenters. The van der Waals surface area contributed by atoms with Crippen molar-refractivity contribution in [1.82, 2.24) is 4.98 Å². The molecule has 0 aliphatic heterocycles. The minimum Gasteiger partial charge on any atom is -0.368 e. The fourth-order valence-corrected chi connectivity index (χ4v) is 0.867. The van der Waals surface area contributed by atoms with Crippen molar-refractivity contribution in [2.24, 2.45) is 0 Å². The summed E-state index contributed by atoms with van der Waals surface area (Å²) in [5.74, 6) is 0. The summed E-state index contributed by atoms with van der Waals surface area (Å²) in [4.78, 5) is 2.86. The van der Waals surface area contributed by atoms with Crippen LogP contribution in [0.4, 0.5) is 0 Å². The molecule has 0 radical (unpaired) electrons. The molecule has 0 bridgehead atoms. The Morgan fingerprint density at radius 2 is 1.90 bits per heavy atom. The highest BCUT2D eigenvalue weighted by Gasteiger charge is 1.69. The lowest BCUT2D eigenvalue weighted by molar-refractivity contribution is -0.289. The molecule has 0 atom stereocenters. The van der Waals surface area contributed by atoms with Crippen LogP contribution < -0.4 is 4.37 Å². The van der Waals surface area contributed by atoms with Gasteiger partial charge in [0.25, 0.3) is 0 Å². The van der Waals surface area contributed by atoms with E-state index >= 15 is 0 Å². The summed E-state index contributed by atoms with van der Waals surface area (Å²) >= 11 is 1.59. The summed E-state index contributed by atoms with van der Waals surface area (Å²) in [5, 5.41) is 1.99. The second-order valence-corrected chi connectivity index (χ2v) is 2.36. The summed E-state index contributed by atoms with van der Waals surface area (Å²) in [6, 6.07) is 5.85. The first-order valence-electron chi connectivity index (χ1n) is 2.97. The van der Waals surface area contributed by atoms with E-state index in [1.807, 2.05) is 42.2 Å². The first-order valence-corrected chi connectivity index (χ1v) is 3.85. The molecule has 0 saturated carbocycles. The lowest BCUT2D eigenvalue weighted by Gasteiger charge is -1.49. The van der Waals surface area contributed by atoms with E-state index in [1.54, 1.807) is 11.5 Å². The second-order valence-electron chi connectivity index (χ2n) is 1.62. The van der Waals surface area contributed by atoms with Crippen molar-refractivity contribution in [3.8, 4) is 0 Å². The molecule has 0 fully saturated rings. The van der Waals surface area contributed by atoms with Crippen molar-refractivity contribution in [3.05, 3.63) is 42.2 Å². The predicted octanol–water partition coefficient (Wildman–Crippen LogP) is 1.58. The molecule has 0 saturated heterocycles. The van der Waals surface area contributed by atoms with Crippen LogP contribution in [0.1, 0.15) is 0 Å². The molecular formula is C7H9N2S+. The van der Waals surface area contributed by atoms with Gasteiger partial charge >= 0.3 is 0 Å². The van der Waals surface area contributed by atoms with Crippen LogP contribution in [0, 0.1) is 0 Å². The Morgan fingerprint density at radius 3 is 2.10 bits per heavy atom. The van der Waals surface area contributed by atoms with Crippen LogP contribution >= 0.6 is 11.5 Å². The molecule has 0 spiro atoms. The van der Waals surface area contributed by atoms with E-state index in [2.05, 4.69) is 9.36 Å². The average Bonchev–Trinajstić information content (AvgIpc) is 2.67. The maximum Gasteiger partial charge on any atom is 0.181 e. The van der Waals surface area contributed by atoms with Gasteiger partial charge in [-0.25, -0.2) is 0 Å². The molecule has 2 N–H and O–H groups in total. The molecule has 3 heteroatoms. The van der Waals surface area contributed by atoms with Crippen LogP contribution in [-0.2, 0) is 0 Å². The fraction of sp³-hybridized carbons (Fsp3) is 0. The number of H-pyrrole nitrogens is 2. The fourth-order valence-electron chi connectivity index (χ4n) is 0.474. The predicted molar refractivity (Wildman–Crippen MR) is 41.7 cm³/mol. The van der Waals surface area contributed by atoms with Gasteiger partial charge in [-0.3, -0.25) is 0 Å². The Balaban J connectivity index is 0.0000001000. The van der Waals surface area contributed by atoms with Gasteiger partial charge < -0.3 is 4.98 Å². The third-order valence-electron chi connectivity index (χ3n) is 0.875. The van der Waals surface area contributed by atoms with E-state index in [0.29, 0.717) is 0 Å². The Hall–Kier alpha value is -1.09. The molecule has 0 aliphatic carbocycles. The van der Waals surface area contributed by atoms with Crippen molar-refractivity contribution in [1.29, 1.82) is 0 Å². The Labute approximate surface area is 63.7 Å². The van der Waals surface area contributed by atoms with E-state index in [9.17, 15) is 0 Å². The summed E-state index contributed by atoms with van der Waals surface area (Å²) in [6.07, 6.45) is 5.64. The van der Waals surface area contributed by atoms with Crippen molar-refractivity contribution < 1.29 is 4.37 Å². The molecule has 2 heterocycles. The van der Waals surface area contributed by atoms with Crippen molar-refractivity contribution >= 4 is 11.5 Å². The zero-order valence-corrected chi connectivity index (χ0v) is 6.27. The first-order chi connectivity index (χ1) is 5.00. The highest BCUT2D eigenvalue weighted by Crippen LogP contribution is 1.76. The van der Waals surface area contributed by atoms with Crippen LogP contribution in [0.3, 0.4) is 0 Å². The Bertz CT molecular complexity index is 151. The maximum absolute atomic E-state index is 2.90. The minimum atomic E-state index is 1.59. The van der Waals surface area contributed by atoms with Crippen molar-refractivity contribution in [3.63, 3.8) is 0 Å². The van der Waals surface area contributed by atoms with Gasteiger partial charge in [0.15, 0.2) is 6.20 Å². The highest BCUT2D eigenvalue weighted by atomic mass is 32.1. The quantitative estimate of drug-likeness (QED) is 0.595. The van der Waals surface area contributed by atoms with Gasteiger partial charge in [0.2, 0.25) is 0 Å². The number of rotatable bonds is 0. The highest BCUT2D eigenvalue weighted by molar-refractivity contribution is 6.99. The summed E-state index contributed by atoms with van der Waals surface area (Å²) in [7, 11) is 0. The number of aromatic nitrogens is 2. The van der Waals surface area contributed by atoms with E-state index < -0.39 is 0 Å². The van der Waals surface area contributed by atoms with Crippen LogP contribution in [0.5, 0.6) is 0 Å². The molecular weight excluding hydrogens is 144 g/mol. The van der Waals surface area contributed by atoms with Crippen molar-refractivity contribution in [2.75, 3.05) is 0 Å². The van der Waals surface area contributed by atoms with Crippen LogP contribution in [0.2, 0.25) is 0 Å². The van der Waals surface area contributed by atoms with Crippen LogP contribution in [0.25, 0.3) is 0 Å². The third kappa shape index (κ3) is 3.04. The number of hydrogen-bond acceptors (Lipinski definition) is 1. The zero-order chi connectivity index (χ0) is 7.07. The van der Waals surface area contributed by atoms with E-state index in [0.717, 1.165) is 0 Å². The smallest absolute Gasteiger partial charge is 0.181 e. The maximum atomic E-state index is 2.90. The first kappa shape index (κ1) is 7.02. The normalized spacial score (nSPS) is 8.00. The molecule has 0 amide bonds. The van der Waals surface area contributed by atoms with Crippen molar-refractivity contribution in [2.45, 2.75) is 0 Å². The topological polar surface area (TPSA) is 29.9 Å². The van der Waals surface area contributed by atoms with Gasteiger partial charge in [0, 0.05) is 18.5 Å². The molecule has 2 aromatic rings. The zero-order valence-electron chi connectivity index (χ0n) is 5.45. The van der Waals surface area contributed by atoms with Gasteiger partial charge in [-0.2, -0.15) is 4.37 Å². The Morgan fingerprint density at radius 1 is 1.10 bits per heavy atom. The molecule has 0 aliphatic rings. The molecule has 2 aromatic heterocycles.